The number of nitrogens with zero attached hydrogens (tertiary/aromatic N) is 2. The molecule has 5 nitrogen and oxygen atoms in total. The number of hydrogen-bond acceptors (Lipinski definition) is 4. The van der Waals surface area contributed by atoms with Crippen molar-refractivity contribution in [3.63, 3.8) is 0 Å². The predicted octanol–water partition coefficient (Wildman–Crippen LogP) is 0.277. The lowest BCUT2D eigenvalue weighted by atomic mass is 9.77. The third-order valence-electron chi connectivity index (χ3n) is 4.87. The Bertz CT molecular complexity index is 324. The van der Waals surface area contributed by atoms with E-state index in [9.17, 15) is 4.79 Å². The molecule has 0 aromatic rings. The molecule has 1 saturated heterocycles. The second-order valence-electron chi connectivity index (χ2n) is 6.40. The van der Waals surface area contributed by atoms with Gasteiger partial charge in [-0.25, -0.2) is 0 Å². The van der Waals surface area contributed by atoms with Crippen LogP contribution in [0.15, 0.2) is 0 Å². The Kier molecular flexibility index (Phi) is 5.81. The Morgan fingerprint density at radius 2 is 2.05 bits per heavy atom. The first-order valence-corrected chi connectivity index (χ1v) is 7.99. The van der Waals surface area contributed by atoms with E-state index in [-0.39, 0.29) is 18.6 Å². The number of rotatable bonds is 3. The van der Waals surface area contributed by atoms with Gasteiger partial charge in [0.25, 0.3) is 0 Å². The summed E-state index contributed by atoms with van der Waals surface area (Å²) < 4.78 is 0. The van der Waals surface area contributed by atoms with Crippen molar-refractivity contribution in [1.29, 1.82) is 0 Å². The monoisotopic (exact) mass is 283 g/mol. The number of nitrogens with two attached hydrogens (primary N) is 1. The van der Waals surface area contributed by atoms with Crippen LogP contribution in [0.2, 0.25) is 0 Å². The summed E-state index contributed by atoms with van der Waals surface area (Å²) in [5, 5.41) is 9.02. The van der Waals surface area contributed by atoms with E-state index in [1.54, 1.807) is 0 Å². The SMILES string of the molecule is CC1CCC(N)CC1C(=O)N1CCCN(CCO)CC1. The quantitative estimate of drug-likeness (QED) is 0.780. The number of aliphatic hydroxyl groups excluding tert-OH is 1. The first-order chi connectivity index (χ1) is 9.61. The van der Waals surface area contributed by atoms with Crippen molar-refractivity contribution in [2.75, 3.05) is 39.3 Å². The molecular formula is C15H29N3O2. The number of hydrogen-bond donors (Lipinski definition) is 2. The Morgan fingerprint density at radius 3 is 2.80 bits per heavy atom. The van der Waals surface area contributed by atoms with Gasteiger partial charge in [-0.2, -0.15) is 0 Å². The van der Waals surface area contributed by atoms with Gasteiger partial charge in [-0.15, -0.1) is 0 Å². The summed E-state index contributed by atoms with van der Waals surface area (Å²) in [6.45, 7) is 6.58. The summed E-state index contributed by atoms with van der Waals surface area (Å²) in [7, 11) is 0. The normalized spacial score (nSPS) is 33.0. The number of carbonyl (C=O) groups is 1. The first kappa shape index (κ1) is 15.7. The molecule has 1 saturated carbocycles. The van der Waals surface area contributed by atoms with Gasteiger partial charge in [-0.05, 0) is 38.1 Å². The van der Waals surface area contributed by atoms with Crippen molar-refractivity contribution in [2.45, 2.75) is 38.6 Å². The fourth-order valence-corrected chi connectivity index (χ4v) is 3.49. The van der Waals surface area contributed by atoms with Crippen LogP contribution in [0.1, 0.15) is 32.6 Å². The van der Waals surface area contributed by atoms with Gasteiger partial charge in [-0.1, -0.05) is 6.92 Å². The molecule has 1 aliphatic carbocycles. The van der Waals surface area contributed by atoms with E-state index in [2.05, 4.69) is 11.8 Å². The van der Waals surface area contributed by atoms with E-state index in [1.165, 1.54) is 0 Å². The molecule has 0 aromatic heterocycles. The molecule has 0 radical (unpaired) electrons. The zero-order valence-electron chi connectivity index (χ0n) is 12.6. The van der Waals surface area contributed by atoms with Crippen LogP contribution in [0.3, 0.4) is 0 Å². The Balaban J connectivity index is 1.91. The van der Waals surface area contributed by atoms with E-state index in [4.69, 9.17) is 10.8 Å². The Labute approximate surface area is 122 Å². The van der Waals surface area contributed by atoms with Crippen molar-refractivity contribution >= 4 is 5.91 Å². The maximum Gasteiger partial charge on any atom is 0.226 e. The van der Waals surface area contributed by atoms with Crippen LogP contribution in [-0.2, 0) is 4.79 Å². The largest absolute Gasteiger partial charge is 0.395 e. The highest BCUT2D eigenvalue weighted by Gasteiger charge is 2.34. The number of aliphatic hydroxyl groups is 1. The van der Waals surface area contributed by atoms with Crippen molar-refractivity contribution in [2.24, 2.45) is 17.6 Å². The minimum Gasteiger partial charge on any atom is -0.395 e. The van der Waals surface area contributed by atoms with Crippen LogP contribution in [0.25, 0.3) is 0 Å². The minimum atomic E-state index is 0.114. The summed E-state index contributed by atoms with van der Waals surface area (Å²) in [6, 6.07) is 0.193. The van der Waals surface area contributed by atoms with Crippen molar-refractivity contribution in [3.05, 3.63) is 0 Å². The molecule has 5 heteroatoms. The fraction of sp³-hybridized carbons (Fsp3) is 0.933. The molecular weight excluding hydrogens is 254 g/mol. The van der Waals surface area contributed by atoms with E-state index in [0.29, 0.717) is 18.4 Å². The molecule has 116 valence electrons. The summed E-state index contributed by atoms with van der Waals surface area (Å²) in [5.74, 6) is 0.876. The van der Waals surface area contributed by atoms with E-state index < -0.39 is 0 Å². The smallest absolute Gasteiger partial charge is 0.226 e. The zero-order chi connectivity index (χ0) is 14.5. The molecule has 0 bridgehead atoms. The van der Waals surface area contributed by atoms with Crippen molar-refractivity contribution in [1.82, 2.24) is 9.80 Å². The second kappa shape index (κ2) is 7.38. The van der Waals surface area contributed by atoms with Gasteiger partial charge in [0.15, 0.2) is 0 Å². The van der Waals surface area contributed by atoms with Gasteiger partial charge in [-0.3, -0.25) is 9.69 Å². The van der Waals surface area contributed by atoms with Crippen LogP contribution >= 0.6 is 0 Å². The van der Waals surface area contributed by atoms with Crippen LogP contribution in [0, 0.1) is 11.8 Å². The van der Waals surface area contributed by atoms with Crippen LogP contribution in [0.5, 0.6) is 0 Å². The third-order valence-corrected chi connectivity index (χ3v) is 4.87. The summed E-state index contributed by atoms with van der Waals surface area (Å²) in [5.41, 5.74) is 6.04. The fourth-order valence-electron chi connectivity index (χ4n) is 3.49. The molecule has 2 rings (SSSR count). The second-order valence-corrected chi connectivity index (χ2v) is 6.40. The molecule has 2 aliphatic rings. The lowest BCUT2D eigenvalue weighted by molar-refractivity contribution is -0.138. The van der Waals surface area contributed by atoms with Crippen molar-refractivity contribution in [3.8, 4) is 0 Å². The predicted molar refractivity (Wildman–Crippen MR) is 79.2 cm³/mol. The van der Waals surface area contributed by atoms with Gasteiger partial charge < -0.3 is 15.7 Å². The Morgan fingerprint density at radius 1 is 1.25 bits per heavy atom. The van der Waals surface area contributed by atoms with Gasteiger partial charge in [0, 0.05) is 38.1 Å². The van der Waals surface area contributed by atoms with Crippen LogP contribution < -0.4 is 5.73 Å². The number of amides is 1. The molecule has 1 heterocycles. The number of carbonyl (C=O) groups excluding carboxylic acids is 1. The lowest BCUT2D eigenvalue weighted by Crippen LogP contribution is -2.45. The minimum absolute atomic E-state index is 0.114. The average molecular weight is 283 g/mol. The molecule has 1 aliphatic heterocycles. The number of β-amino-alcohol motifs (C(OH)–C–C–N with tert-alkyl or cyclic N) is 1. The molecule has 3 N–H and O–H groups in total. The topological polar surface area (TPSA) is 69.8 Å². The summed E-state index contributed by atoms with van der Waals surface area (Å²) in [4.78, 5) is 17.0. The molecule has 1 amide bonds. The summed E-state index contributed by atoms with van der Waals surface area (Å²) in [6.07, 6.45) is 3.97. The summed E-state index contributed by atoms with van der Waals surface area (Å²) >= 11 is 0. The average Bonchev–Trinajstić information content (AvgIpc) is 2.67. The molecule has 3 atom stereocenters. The van der Waals surface area contributed by atoms with Gasteiger partial charge in [0.2, 0.25) is 5.91 Å². The highest BCUT2D eigenvalue weighted by atomic mass is 16.3. The van der Waals surface area contributed by atoms with Crippen molar-refractivity contribution < 1.29 is 9.90 Å². The molecule has 2 fully saturated rings. The van der Waals surface area contributed by atoms with Crippen LogP contribution in [-0.4, -0.2) is 66.2 Å². The zero-order valence-corrected chi connectivity index (χ0v) is 12.6. The van der Waals surface area contributed by atoms with E-state index >= 15 is 0 Å². The highest BCUT2D eigenvalue weighted by molar-refractivity contribution is 5.79. The molecule has 0 aromatic carbocycles. The maximum absolute atomic E-state index is 12.7. The van der Waals surface area contributed by atoms with E-state index in [0.717, 1.165) is 51.9 Å². The lowest BCUT2D eigenvalue weighted by Gasteiger charge is -2.35. The van der Waals surface area contributed by atoms with E-state index in [1.807, 2.05) is 4.90 Å². The standard InChI is InChI=1S/C15H29N3O2/c1-12-3-4-13(16)11-14(12)15(20)18-6-2-5-17(7-8-18)9-10-19/h12-14,19H,2-11,16H2,1H3. The molecule has 0 spiro atoms. The molecule has 3 unspecified atom stereocenters. The highest BCUT2D eigenvalue weighted by Crippen LogP contribution is 2.30. The first-order valence-electron chi connectivity index (χ1n) is 7.99. The third kappa shape index (κ3) is 3.93. The van der Waals surface area contributed by atoms with Gasteiger partial charge >= 0.3 is 0 Å². The molecule has 20 heavy (non-hydrogen) atoms. The van der Waals surface area contributed by atoms with Gasteiger partial charge in [0.1, 0.15) is 0 Å². The van der Waals surface area contributed by atoms with Crippen LogP contribution in [0.4, 0.5) is 0 Å². The Hall–Kier alpha value is -0.650. The van der Waals surface area contributed by atoms with Gasteiger partial charge in [0.05, 0.1) is 6.61 Å². The maximum atomic E-state index is 12.7.